The van der Waals surface area contributed by atoms with Crippen molar-refractivity contribution >= 4 is 40.0 Å². The van der Waals surface area contributed by atoms with Crippen LogP contribution >= 0.6 is 23.1 Å². The van der Waals surface area contributed by atoms with Gasteiger partial charge in [-0.25, -0.2) is 4.98 Å². The highest BCUT2D eigenvalue weighted by molar-refractivity contribution is 8.00. The Morgan fingerprint density at radius 2 is 2.42 bits per heavy atom. The summed E-state index contributed by atoms with van der Waals surface area (Å²) in [6.07, 6.45) is 1.36. The fourth-order valence-electron chi connectivity index (χ4n) is 0.966. The van der Waals surface area contributed by atoms with Crippen molar-refractivity contribution < 1.29 is 14.1 Å². The van der Waals surface area contributed by atoms with Crippen LogP contribution in [0.3, 0.4) is 0 Å². The molecular formula is C8H7N5O4S2. The molecule has 0 radical (unpaired) electrons. The Labute approximate surface area is 114 Å². The number of hydrogen-bond acceptors (Lipinski definition) is 9. The van der Waals surface area contributed by atoms with Crippen LogP contribution in [0.15, 0.2) is 20.2 Å². The highest BCUT2D eigenvalue weighted by Crippen LogP contribution is 2.32. The van der Waals surface area contributed by atoms with E-state index in [-0.39, 0.29) is 11.1 Å². The zero-order valence-electron chi connectivity index (χ0n) is 9.52. The molecule has 2 aromatic heterocycles. The number of amides is 1. The Balaban J connectivity index is 2.02. The highest BCUT2D eigenvalue weighted by Gasteiger charge is 2.16. The largest absolute Gasteiger partial charge is 0.453 e. The minimum Gasteiger partial charge on any atom is -0.374 e. The Bertz CT molecular complexity index is 610. The fourth-order valence-corrected chi connectivity index (χ4v) is 2.54. The number of rotatable bonds is 5. The first-order valence-corrected chi connectivity index (χ1v) is 6.63. The normalized spacial score (nSPS) is 10.4. The third-order valence-corrected chi connectivity index (χ3v) is 3.55. The molecule has 0 aromatic carbocycles. The van der Waals surface area contributed by atoms with Gasteiger partial charge in [-0.3, -0.25) is 14.9 Å². The molecule has 100 valence electrons. The van der Waals surface area contributed by atoms with Crippen LogP contribution in [0.25, 0.3) is 0 Å². The lowest BCUT2D eigenvalue weighted by Gasteiger charge is -1.94. The average Bonchev–Trinajstić information content (AvgIpc) is 2.99. The molecule has 0 aliphatic heterocycles. The summed E-state index contributed by atoms with van der Waals surface area (Å²) in [5.41, 5.74) is 0. The van der Waals surface area contributed by atoms with E-state index < -0.39 is 10.8 Å². The number of nitro groups is 1. The monoisotopic (exact) mass is 301 g/mol. The van der Waals surface area contributed by atoms with Crippen molar-refractivity contribution in [3.8, 4) is 0 Å². The van der Waals surface area contributed by atoms with Gasteiger partial charge in [0.25, 0.3) is 5.22 Å². The first kappa shape index (κ1) is 13.4. The first-order chi connectivity index (χ1) is 9.08. The molecule has 2 heterocycles. The van der Waals surface area contributed by atoms with Gasteiger partial charge in [0.1, 0.15) is 11.1 Å². The van der Waals surface area contributed by atoms with E-state index in [1.165, 1.54) is 0 Å². The number of nitrogens with one attached hydrogen (secondary N) is 1. The van der Waals surface area contributed by atoms with Crippen LogP contribution < -0.4 is 5.32 Å². The van der Waals surface area contributed by atoms with Crippen LogP contribution in [-0.4, -0.2) is 26.0 Å². The van der Waals surface area contributed by atoms with Crippen molar-refractivity contribution in [2.24, 2.45) is 0 Å². The van der Waals surface area contributed by atoms with Crippen molar-refractivity contribution in [2.45, 2.75) is 22.9 Å². The fraction of sp³-hybridized carbons (Fsp3) is 0.250. The summed E-state index contributed by atoms with van der Waals surface area (Å²) in [6.45, 7) is 1.72. The van der Waals surface area contributed by atoms with Gasteiger partial charge in [0.05, 0.1) is 0 Å². The average molecular weight is 301 g/mol. The van der Waals surface area contributed by atoms with E-state index in [1.54, 1.807) is 6.92 Å². The summed E-state index contributed by atoms with van der Waals surface area (Å²) in [6, 6.07) is 0. The molecule has 0 fully saturated rings. The summed E-state index contributed by atoms with van der Waals surface area (Å²) >= 11 is 2.12. The van der Waals surface area contributed by atoms with Gasteiger partial charge in [-0.15, -0.1) is 10.2 Å². The van der Waals surface area contributed by atoms with Gasteiger partial charge in [0, 0.05) is 18.2 Å². The van der Waals surface area contributed by atoms with Crippen molar-refractivity contribution in [3.05, 3.63) is 16.3 Å². The summed E-state index contributed by atoms with van der Waals surface area (Å²) in [4.78, 5) is 24.6. The molecule has 1 N–H and O–H groups in total. The number of carbonyl (C=O) groups excluding carboxylic acids is 1. The number of aromatic nitrogens is 3. The topological polar surface area (TPSA) is 124 Å². The molecule has 9 nitrogen and oxygen atoms in total. The zero-order valence-corrected chi connectivity index (χ0v) is 11.2. The van der Waals surface area contributed by atoms with Gasteiger partial charge >= 0.3 is 5.88 Å². The Hall–Kier alpha value is -2.01. The predicted octanol–water partition coefficient (Wildman–Crippen LogP) is 1.93. The van der Waals surface area contributed by atoms with Gasteiger partial charge in [0.2, 0.25) is 11.0 Å². The van der Waals surface area contributed by atoms with E-state index in [9.17, 15) is 14.9 Å². The van der Waals surface area contributed by atoms with E-state index in [0.717, 1.165) is 29.3 Å². The maximum Gasteiger partial charge on any atom is 0.453 e. The minimum absolute atomic E-state index is 0.0937. The lowest BCUT2D eigenvalue weighted by molar-refractivity contribution is -0.403. The molecular weight excluding hydrogens is 294 g/mol. The van der Waals surface area contributed by atoms with E-state index in [4.69, 9.17) is 4.42 Å². The second kappa shape index (κ2) is 5.75. The molecule has 2 rings (SSSR count). The second-order valence-corrected chi connectivity index (χ2v) is 5.27. The molecule has 0 unspecified atom stereocenters. The predicted molar refractivity (Wildman–Crippen MR) is 66.1 cm³/mol. The van der Waals surface area contributed by atoms with Crippen LogP contribution in [-0.2, 0) is 4.79 Å². The van der Waals surface area contributed by atoms with E-state index in [1.807, 2.05) is 0 Å². The summed E-state index contributed by atoms with van der Waals surface area (Å²) in [5, 5.41) is 21.0. The molecule has 0 atom stereocenters. The third kappa shape index (κ3) is 3.48. The van der Waals surface area contributed by atoms with Crippen LogP contribution in [0.1, 0.15) is 13.3 Å². The Kier molecular flexibility index (Phi) is 4.06. The van der Waals surface area contributed by atoms with E-state index in [2.05, 4.69) is 20.5 Å². The Morgan fingerprint density at radius 3 is 3.05 bits per heavy atom. The van der Waals surface area contributed by atoms with Crippen LogP contribution in [0.2, 0.25) is 0 Å². The number of carbonyl (C=O) groups is 1. The van der Waals surface area contributed by atoms with Crippen LogP contribution in [0.4, 0.5) is 11.0 Å². The molecule has 0 spiro atoms. The summed E-state index contributed by atoms with van der Waals surface area (Å²) < 4.78 is 5.33. The van der Waals surface area contributed by atoms with Crippen molar-refractivity contribution in [2.75, 3.05) is 5.32 Å². The van der Waals surface area contributed by atoms with Crippen LogP contribution in [0.5, 0.6) is 0 Å². The lowest BCUT2D eigenvalue weighted by atomic mass is 10.5. The molecule has 0 saturated heterocycles. The zero-order chi connectivity index (χ0) is 13.8. The molecule has 0 saturated carbocycles. The van der Waals surface area contributed by atoms with Crippen molar-refractivity contribution in [1.29, 1.82) is 0 Å². The van der Waals surface area contributed by atoms with Crippen molar-refractivity contribution in [1.82, 2.24) is 15.2 Å². The maximum atomic E-state index is 11.1. The van der Waals surface area contributed by atoms with E-state index in [0.29, 0.717) is 15.9 Å². The van der Waals surface area contributed by atoms with E-state index >= 15 is 0 Å². The molecule has 0 bridgehead atoms. The molecule has 0 aliphatic rings. The SMILES string of the molecule is CCC(=O)Nc1nnc(Sc2ncc([N+](=O)[O-])o2)s1. The first-order valence-electron chi connectivity index (χ1n) is 5.00. The minimum atomic E-state index is -0.677. The molecule has 11 heteroatoms. The number of hydrogen-bond donors (Lipinski definition) is 1. The number of oxazole rings is 1. The van der Waals surface area contributed by atoms with Gasteiger partial charge in [-0.2, -0.15) is 0 Å². The lowest BCUT2D eigenvalue weighted by Crippen LogP contribution is -2.08. The van der Waals surface area contributed by atoms with Crippen molar-refractivity contribution in [3.63, 3.8) is 0 Å². The highest BCUT2D eigenvalue weighted by atomic mass is 32.2. The third-order valence-electron chi connectivity index (χ3n) is 1.80. The van der Waals surface area contributed by atoms with Gasteiger partial charge in [-0.05, 0) is 0 Å². The molecule has 19 heavy (non-hydrogen) atoms. The van der Waals surface area contributed by atoms with Gasteiger partial charge < -0.3 is 9.73 Å². The molecule has 1 amide bonds. The number of anilines is 1. The Morgan fingerprint density at radius 1 is 1.63 bits per heavy atom. The summed E-state index contributed by atoms with van der Waals surface area (Å²) in [7, 11) is 0. The van der Waals surface area contributed by atoms with Crippen LogP contribution in [0, 0.1) is 10.1 Å². The second-order valence-electron chi connectivity index (χ2n) is 3.10. The smallest absolute Gasteiger partial charge is 0.374 e. The summed E-state index contributed by atoms with van der Waals surface area (Å²) in [5.74, 6) is -0.606. The maximum absolute atomic E-state index is 11.1. The molecule has 0 aliphatic carbocycles. The molecule has 2 aromatic rings. The quantitative estimate of drug-likeness (QED) is 0.504. The standard InChI is InChI=1S/C8H7N5O4S2/c1-2-4(14)10-6-11-12-8(18-6)19-7-9-3-5(17-7)13(15)16/h3H,2H2,1H3,(H,10,11,14). The van der Waals surface area contributed by atoms with Gasteiger partial charge in [-0.1, -0.05) is 18.3 Å². The number of nitrogens with zero attached hydrogens (tertiary/aromatic N) is 4. The van der Waals surface area contributed by atoms with Gasteiger partial charge in [0.15, 0.2) is 4.34 Å².